The minimum atomic E-state index is -0.168. The highest BCUT2D eigenvalue weighted by molar-refractivity contribution is 9.10. The van der Waals surface area contributed by atoms with Crippen molar-refractivity contribution in [1.82, 2.24) is 5.32 Å². The summed E-state index contributed by atoms with van der Waals surface area (Å²) in [6.07, 6.45) is 7.57. The van der Waals surface area contributed by atoms with Gasteiger partial charge in [0.1, 0.15) is 5.82 Å². The summed E-state index contributed by atoms with van der Waals surface area (Å²) in [5.74, 6) is 1.36. The molecule has 1 saturated carbocycles. The minimum absolute atomic E-state index is 0.168. The monoisotopic (exact) mass is 341 g/mol. The molecule has 1 aliphatic rings. The van der Waals surface area contributed by atoms with Gasteiger partial charge in [0.2, 0.25) is 0 Å². The topological polar surface area (TPSA) is 12.0 Å². The molecule has 20 heavy (non-hydrogen) atoms. The van der Waals surface area contributed by atoms with Gasteiger partial charge in [-0.15, -0.1) is 0 Å². The molecule has 3 atom stereocenters. The first kappa shape index (κ1) is 16.0. The highest BCUT2D eigenvalue weighted by Crippen LogP contribution is 2.35. The lowest BCUT2D eigenvalue weighted by Crippen LogP contribution is -2.39. The summed E-state index contributed by atoms with van der Waals surface area (Å²) in [7, 11) is 2.07. The Bertz CT molecular complexity index is 435. The van der Waals surface area contributed by atoms with Gasteiger partial charge in [-0.1, -0.05) is 41.8 Å². The van der Waals surface area contributed by atoms with Crippen LogP contribution in [0.25, 0.3) is 0 Å². The molecule has 0 aromatic heterocycles. The molecule has 2 rings (SSSR count). The van der Waals surface area contributed by atoms with Crippen LogP contribution in [-0.2, 0) is 6.42 Å². The van der Waals surface area contributed by atoms with Crippen molar-refractivity contribution in [2.45, 2.75) is 51.5 Å². The summed E-state index contributed by atoms with van der Waals surface area (Å²) in [6.45, 7) is 2.27. The van der Waals surface area contributed by atoms with E-state index in [4.69, 9.17) is 0 Å². The third-order valence-electron chi connectivity index (χ3n) is 4.66. The summed E-state index contributed by atoms with van der Waals surface area (Å²) < 4.78 is 14.1. The molecule has 0 aliphatic heterocycles. The van der Waals surface area contributed by atoms with E-state index in [0.29, 0.717) is 12.0 Å². The van der Waals surface area contributed by atoms with Gasteiger partial charge in [0.25, 0.3) is 0 Å². The summed E-state index contributed by atoms with van der Waals surface area (Å²) in [4.78, 5) is 0. The highest BCUT2D eigenvalue weighted by Gasteiger charge is 2.29. The molecule has 0 heterocycles. The number of rotatable bonds is 5. The van der Waals surface area contributed by atoms with Gasteiger partial charge in [-0.25, -0.2) is 4.39 Å². The van der Waals surface area contributed by atoms with Crippen molar-refractivity contribution in [2.24, 2.45) is 11.8 Å². The SMILES string of the molecule is CCCC1CCC(NC)C(Cc2ccc(F)cc2Br)C1. The van der Waals surface area contributed by atoms with Crippen LogP contribution in [0.1, 0.15) is 44.6 Å². The molecule has 0 spiro atoms. The van der Waals surface area contributed by atoms with Gasteiger partial charge >= 0.3 is 0 Å². The third-order valence-corrected chi connectivity index (χ3v) is 5.39. The lowest BCUT2D eigenvalue weighted by Gasteiger charge is -2.36. The Balaban J connectivity index is 2.07. The predicted molar refractivity (Wildman–Crippen MR) is 86.4 cm³/mol. The standard InChI is InChI=1S/C17H25BrFN/c1-3-4-12-5-8-17(20-2)14(9-12)10-13-6-7-15(19)11-16(13)18/h6-7,11-12,14,17,20H,3-5,8-10H2,1-2H3. The summed E-state index contributed by atoms with van der Waals surface area (Å²) in [5, 5.41) is 3.48. The van der Waals surface area contributed by atoms with Gasteiger partial charge < -0.3 is 5.32 Å². The molecule has 0 bridgehead atoms. The molecule has 112 valence electrons. The van der Waals surface area contributed by atoms with E-state index in [2.05, 4.69) is 35.2 Å². The first-order chi connectivity index (χ1) is 9.63. The Labute approximate surface area is 130 Å². The zero-order valence-electron chi connectivity index (χ0n) is 12.5. The van der Waals surface area contributed by atoms with E-state index in [9.17, 15) is 4.39 Å². The van der Waals surface area contributed by atoms with Gasteiger partial charge in [0.15, 0.2) is 0 Å². The summed E-state index contributed by atoms with van der Waals surface area (Å²) in [6, 6.07) is 5.67. The molecule has 1 nitrogen and oxygen atoms in total. The first-order valence-electron chi connectivity index (χ1n) is 7.75. The second-order valence-corrected chi connectivity index (χ2v) is 6.92. The van der Waals surface area contributed by atoms with E-state index in [-0.39, 0.29) is 5.82 Å². The van der Waals surface area contributed by atoms with Gasteiger partial charge in [0.05, 0.1) is 0 Å². The van der Waals surface area contributed by atoms with Crippen molar-refractivity contribution in [1.29, 1.82) is 0 Å². The molecule has 3 heteroatoms. The second kappa shape index (κ2) is 7.56. The number of benzene rings is 1. The normalized spacial score (nSPS) is 26.7. The van der Waals surface area contributed by atoms with Crippen LogP contribution in [0.15, 0.2) is 22.7 Å². The molecular weight excluding hydrogens is 317 g/mol. The molecule has 1 N–H and O–H groups in total. The van der Waals surface area contributed by atoms with E-state index in [1.165, 1.54) is 37.7 Å². The van der Waals surface area contributed by atoms with Crippen LogP contribution in [0.4, 0.5) is 4.39 Å². The largest absolute Gasteiger partial charge is 0.317 e. The van der Waals surface area contributed by atoms with Crippen LogP contribution in [0.3, 0.4) is 0 Å². The highest BCUT2D eigenvalue weighted by atomic mass is 79.9. The number of hydrogen-bond donors (Lipinski definition) is 1. The Morgan fingerprint density at radius 3 is 2.80 bits per heavy atom. The first-order valence-corrected chi connectivity index (χ1v) is 8.54. The van der Waals surface area contributed by atoms with Crippen LogP contribution in [-0.4, -0.2) is 13.1 Å². The maximum atomic E-state index is 13.2. The lowest BCUT2D eigenvalue weighted by molar-refractivity contribution is 0.200. The predicted octanol–water partition coefficient (Wildman–Crippen LogP) is 4.94. The molecule has 1 aromatic rings. The maximum Gasteiger partial charge on any atom is 0.124 e. The smallest absolute Gasteiger partial charge is 0.124 e. The van der Waals surface area contributed by atoms with Gasteiger partial charge in [-0.05, 0) is 62.3 Å². The fourth-order valence-electron chi connectivity index (χ4n) is 3.61. The van der Waals surface area contributed by atoms with Crippen molar-refractivity contribution >= 4 is 15.9 Å². The molecule has 0 amide bonds. The molecule has 0 radical (unpaired) electrons. The van der Waals surface area contributed by atoms with Crippen LogP contribution in [0.5, 0.6) is 0 Å². The average molecular weight is 342 g/mol. The fraction of sp³-hybridized carbons (Fsp3) is 0.647. The molecule has 0 saturated heterocycles. The Morgan fingerprint density at radius 2 is 2.15 bits per heavy atom. The van der Waals surface area contributed by atoms with E-state index in [1.807, 2.05) is 6.07 Å². The Hall–Kier alpha value is -0.410. The lowest BCUT2D eigenvalue weighted by atomic mass is 9.74. The third kappa shape index (κ3) is 4.05. The van der Waals surface area contributed by atoms with Crippen molar-refractivity contribution in [3.8, 4) is 0 Å². The zero-order chi connectivity index (χ0) is 14.5. The van der Waals surface area contributed by atoms with E-state index < -0.39 is 0 Å². The number of nitrogens with one attached hydrogen (secondary N) is 1. The Kier molecular flexibility index (Phi) is 6.03. The molecule has 1 aliphatic carbocycles. The number of halogens is 2. The minimum Gasteiger partial charge on any atom is -0.317 e. The van der Waals surface area contributed by atoms with E-state index >= 15 is 0 Å². The average Bonchev–Trinajstić information content (AvgIpc) is 2.43. The Morgan fingerprint density at radius 1 is 1.35 bits per heavy atom. The number of hydrogen-bond acceptors (Lipinski definition) is 1. The molecular formula is C17H25BrFN. The molecule has 3 unspecified atom stereocenters. The summed E-state index contributed by atoms with van der Waals surface area (Å²) >= 11 is 3.50. The van der Waals surface area contributed by atoms with Crippen molar-refractivity contribution in [3.05, 3.63) is 34.1 Å². The van der Waals surface area contributed by atoms with Gasteiger partial charge in [-0.3, -0.25) is 0 Å². The van der Waals surface area contributed by atoms with Crippen molar-refractivity contribution in [3.63, 3.8) is 0 Å². The van der Waals surface area contributed by atoms with Crippen LogP contribution in [0, 0.1) is 17.7 Å². The fourth-order valence-corrected chi connectivity index (χ4v) is 4.12. The molecule has 1 aromatic carbocycles. The van der Waals surface area contributed by atoms with Crippen molar-refractivity contribution < 1.29 is 4.39 Å². The quantitative estimate of drug-likeness (QED) is 0.800. The zero-order valence-corrected chi connectivity index (χ0v) is 14.0. The van der Waals surface area contributed by atoms with Crippen LogP contribution in [0.2, 0.25) is 0 Å². The summed E-state index contributed by atoms with van der Waals surface area (Å²) in [5.41, 5.74) is 1.23. The maximum absolute atomic E-state index is 13.2. The van der Waals surface area contributed by atoms with Crippen LogP contribution < -0.4 is 5.32 Å². The van der Waals surface area contributed by atoms with Crippen LogP contribution >= 0.6 is 15.9 Å². The van der Waals surface area contributed by atoms with Gasteiger partial charge in [-0.2, -0.15) is 0 Å². The van der Waals surface area contributed by atoms with Crippen molar-refractivity contribution in [2.75, 3.05) is 7.05 Å². The molecule has 1 fully saturated rings. The van der Waals surface area contributed by atoms with E-state index in [1.54, 1.807) is 12.1 Å². The van der Waals surface area contributed by atoms with Gasteiger partial charge in [0, 0.05) is 10.5 Å². The van der Waals surface area contributed by atoms with E-state index in [0.717, 1.165) is 16.8 Å². The second-order valence-electron chi connectivity index (χ2n) is 6.06.